The number of pyridine rings is 1. The van der Waals surface area contributed by atoms with E-state index >= 15 is 0 Å². The molecule has 2 aromatic heterocycles. The fraction of sp³-hybridized carbons (Fsp3) is 0.143. The minimum atomic E-state index is 0.552. The summed E-state index contributed by atoms with van der Waals surface area (Å²) < 4.78 is 10.3. The molecule has 0 saturated heterocycles. The van der Waals surface area contributed by atoms with E-state index in [4.69, 9.17) is 9.47 Å². The molecule has 0 fully saturated rings. The van der Waals surface area contributed by atoms with Crippen molar-refractivity contribution in [3.63, 3.8) is 0 Å². The van der Waals surface area contributed by atoms with Crippen LogP contribution in [-0.4, -0.2) is 29.2 Å². The molecule has 0 unspecified atom stereocenters. The SMILES string of the molecule is COc1cccc(-c2nc3nc(OC)ccc3[nH]2)c1. The maximum atomic E-state index is 5.21. The largest absolute Gasteiger partial charge is 0.497 e. The van der Waals surface area contributed by atoms with Gasteiger partial charge in [0.05, 0.1) is 19.7 Å². The quantitative estimate of drug-likeness (QED) is 0.781. The Morgan fingerprint density at radius 3 is 2.68 bits per heavy atom. The van der Waals surface area contributed by atoms with Crippen LogP contribution >= 0.6 is 0 Å². The Hall–Kier alpha value is -2.56. The standard InChI is InChI=1S/C14H13N3O2/c1-18-10-5-3-4-9(8-10)13-15-11-6-7-12(19-2)16-14(11)17-13/h3-8H,1-2H3,(H,15,16,17). The predicted octanol–water partition coefficient (Wildman–Crippen LogP) is 2.64. The second-order valence-electron chi connectivity index (χ2n) is 4.04. The first-order chi connectivity index (χ1) is 9.30. The molecule has 0 saturated carbocycles. The summed E-state index contributed by atoms with van der Waals surface area (Å²) in [7, 11) is 3.23. The summed E-state index contributed by atoms with van der Waals surface area (Å²) in [5, 5.41) is 0. The Labute approximate surface area is 110 Å². The van der Waals surface area contributed by atoms with E-state index in [1.165, 1.54) is 0 Å². The highest BCUT2D eigenvalue weighted by atomic mass is 16.5. The lowest BCUT2D eigenvalue weighted by molar-refractivity contribution is 0.399. The smallest absolute Gasteiger partial charge is 0.215 e. The van der Waals surface area contributed by atoms with Crippen LogP contribution in [0, 0.1) is 0 Å². The number of aromatic amines is 1. The molecule has 2 heterocycles. The van der Waals surface area contributed by atoms with Gasteiger partial charge in [0.15, 0.2) is 5.65 Å². The molecule has 1 N–H and O–H groups in total. The van der Waals surface area contributed by atoms with Crippen molar-refractivity contribution in [1.29, 1.82) is 0 Å². The van der Waals surface area contributed by atoms with Gasteiger partial charge in [0.1, 0.15) is 11.6 Å². The molecule has 96 valence electrons. The van der Waals surface area contributed by atoms with Crippen molar-refractivity contribution in [2.45, 2.75) is 0 Å². The predicted molar refractivity (Wildman–Crippen MR) is 72.4 cm³/mol. The normalized spacial score (nSPS) is 10.6. The van der Waals surface area contributed by atoms with Crippen LogP contribution in [-0.2, 0) is 0 Å². The number of methoxy groups -OCH3 is 2. The lowest BCUT2D eigenvalue weighted by atomic mass is 10.2. The zero-order chi connectivity index (χ0) is 13.2. The third-order valence-electron chi connectivity index (χ3n) is 2.87. The van der Waals surface area contributed by atoms with Crippen molar-refractivity contribution < 1.29 is 9.47 Å². The summed E-state index contributed by atoms with van der Waals surface area (Å²) in [5.41, 5.74) is 2.46. The fourth-order valence-electron chi connectivity index (χ4n) is 1.90. The number of nitrogens with one attached hydrogen (secondary N) is 1. The number of benzene rings is 1. The van der Waals surface area contributed by atoms with Crippen LogP contribution in [0.5, 0.6) is 11.6 Å². The summed E-state index contributed by atoms with van der Waals surface area (Å²) in [6.45, 7) is 0. The number of ether oxygens (including phenoxy) is 2. The molecule has 0 aliphatic carbocycles. The molecule has 0 spiro atoms. The number of hydrogen-bond acceptors (Lipinski definition) is 4. The number of aromatic nitrogens is 3. The first-order valence-corrected chi connectivity index (χ1v) is 5.85. The summed E-state index contributed by atoms with van der Waals surface area (Å²) in [6.07, 6.45) is 0. The van der Waals surface area contributed by atoms with Gasteiger partial charge in [-0.1, -0.05) is 12.1 Å². The van der Waals surface area contributed by atoms with Gasteiger partial charge in [-0.25, -0.2) is 4.98 Å². The van der Waals surface area contributed by atoms with Crippen LogP contribution in [0.4, 0.5) is 0 Å². The van der Waals surface area contributed by atoms with E-state index in [-0.39, 0.29) is 0 Å². The zero-order valence-electron chi connectivity index (χ0n) is 10.7. The zero-order valence-corrected chi connectivity index (χ0v) is 10.7. The Morgan fingerprint density at radius 1 is 1.00 bits per heavy atom. The van der Waals surface area contributed by atoms with Crippen LogP contribution in [0.2, 0.25) is 0 Å². The average Bonchev–Trinajstić information content (AvgIpc) is 2.90. The van der Waals surface area contributed by atoms with Crippen molar-refractivity contribution in [3.05, 3.63) is 36.4 Å². The number of H-pyrrole nitrogens is 1. The number of fused-ring (bicyclic) bond motifs is 1. The Morgan fingerprint density at radius 2 is 1.89 bits per heavy atom. The van der Waals surface area contributed by atoms with E-state index in [1.807, 2.05) is 30.3 Å². The van der Waals surface area contributed by atoms with E-state index in [9.17, 15) is 0 Å². The Balaban J connectivity index is 2.09. The molecule has 0 radical (unpaired) electrons. The minimum absolute atomic E-state index is 0.552. The van der Waals surface area contributed by atoms with Gasteiger partial charge in [0, 0.05) is 11.6 Å². The number of nitrogens with zero attached hydrogens (tertiary/aromatic N) is 2. The van der Waals surface area contributed by atoms with E-state index in [0.717, 1.165) is 22.7 Å². The Bertz CT molecular complexity index is 722. The number of imidazole rings is 1. The van der Waals surface area contributed by atoms with Crippen molar-refractivity contribution in [3.8, 4) is 23.0 Å². The van der Waals surface area contributed by atoms with Crippen LogP contribution < -0.4 is 9.47 Å². The van der Waals surface area contributed by atoms with Crippen molar-refractivity contribution in [1.82, 2.24) is 15.0 Å². The van der Waals surface area contributed by atoms with Crippen molar-refractivity contribution >= 4 is 11.2 Å². The van der Waals surface area contributed by atoms with Crippen LogP contribution in [0.3, 0.4) is 0 Å². The lowest BCUT2D eigenvalue weighted by Crippen LogP contribution is -1.86. The van der Waals surface area contributed by atoms with Gasteiger partial charge in [-0.2, -0.15) is 4.98 Å². The first-order valence-electron chi connectivity index (χ1n) is 5.85. The summed E-state index contributed by atoms with van der Waals surface area (Å²) in [5.74, 6) is 2.11. The molecule has 0 atom stereocenters. The maximum absolute atomic E-state index is 5.21. The highest BCUT2D eigenvalue weighted by Crippen LogP contribution is 2.24. The van der Waals surface area contributed by atoms with Gasteiger partial charge in [-0.05, 0) is 18.2 Å². The summed E-state index contributed by atoms with van der Waals surface area (Å²) >= 11 is 0. The lowest BCUT2D eigenvalue weighted by Gasteiger charge is -2.01. The second-order valence-corrected chi connectivity index (χ2v) is 4.04. The van der Waals surface area contributed by atoms with Crippen molar-refractivity contribution in [2.24, 2.45) is 0 Å². The molecule has 19 heavy (non-hydrogen) atoms. The van der Waals surface area contributed by atoms with Gasteiger partial charge in [-0.3, -0.25) is 0 Å². The third-order valence-corrected chi connectivity index (χ3v) is 2.87. The molecule has 0 aliphatic rings. The monoisotopic (exact) mass is 255 g/mol. The van der Waals surface area contributed by atoms with E-state index in [1.54, 1.807) is 20.3 Å². The molecule has 3 aromatic rings. The van der Waals surface area contributed by atoms with Gasteiger partial charge in [-0.15, -0.1) is 0 Å². The number of hydrogen-bond donors (Lipinski definition) is 1. The molecule has 0 aliphatic heterocycles. The summed E-state index contributed by atoms with van der Waals surface area (Å²) in [6, 6.07) is 11.4. The van der Waals surface area contributed by atoms with E-state index < -0.39 is 0 Å². The molecule has 5 heteroatoms. The van der Waals surface area contributed by atoms with E-state index in [2.05, 4.69) is 15.0 Å². The van der Waals surface area contributed by atoms with Crippen LogP contribution in [0.15, 0.2) is 36.4 Å². The molecule has 1 aromatic carbocycles. The molecule has 0 amide bonds. The van der Waals surface area contributed by atoms with Gasteiger partial charge >= 0.3 is 0 Å². The van der Waals surface area contributed by atoms with Gasteiger partial charge < -0.3 is 14.5 Å². The average molecular weight is 255 g/mol. The van der Waals surface area contributed by atoms with Crippen LogP contribution in [0.1, 0.15) is 0 Å². The second kappa shape index (κ2) is 4.61. The third kappa shape index (κ3) is 2.10. The highest BCUT2D eigenvalue weighted by molar-refractivity contribution is 5.76. The highest BCUT2D eigenvalue weighted by Gasteiger charge is 2.08. The molecular weight excluding hydrogens is 242 g/mol. The Kier molecular flexibility index (Phi) is 2.79. The minimum Gasteiger partial charge on any atom is -0.497 e. The molecular formula is C14H13N3O2. The molecule has 0 bridgehead atoms. The van der Waals surface area contributed by atoms with Gasteiger partial charge in [0.25, 0.3) is 0 Å². The van der Waals surface area contributed by atoms with Crippen molar-refractivity contribution in [2.75, 3.05) is 14.2 Å². The fourth-order valence-corrected chi connectivity index (χ4v) is 1.90. The van der Waals surface area contributed by atoms with Gasteiger partial charge in [0.2, 0.25) is 5.88 Å². The molecule has 3 rings (SSSR count). The van der Waals surface area contributed by atoms with E-state index in [0.29, 0.717) is 11.5 Å². The van der Waals surface area contributed by atoms with Crippen LogP contribution in [0.25, 0.3) is 22.6 Å². The maximum Gasteiger partial charge on any atom is 0.215 e. The topological polar surface area (TPSA) is 60.0 Å². The molecule has 5 nitrogen and oxygen atoms in total. The summed E-state index contributed by atoms with van der Waals surface area (Å²) in [4.78, 5) is 12.0. The number of rotatable bonds is 3. The first kappa shape index (κ1) is 11.5.